The van der Waals surface area contributed by atoms with Gasteiger partial charge in [-0.05, 0) is 18.1 Å². The lowest BCUT2D eigenvalue weighted by atomic mass is 10.0. The van der Waals surface area contributed by atoms with Gasteiger partial charge in [0.15, 0.2) is 0 Å². The number of anilines is 1. The number of carboxylic acid groups (broad SMARTS) is 1. The molecule has 1 heterocycles. The van der Waals surface area contributed by atoms with Gasteiger partial charge in [-0.15, -0.1) is 0 Å². The van der Waals surface area contributed by atoms with Crippen molar-refractivity contribution in [3.63, 3.8) is 0 Å². The highest BCUT2D eigenvalue weighted by Gasteiger charge is 2.23. The average molecular weight is 290 g/mol. The summed E-state index contributed by atoms with van der Waals surface area (Å²) in [5.74, 6) is -0.886. The normalized spacial score (nSPS) is 16.6. The number of amides is 1. The molecule has 0 bridgehead atoms. The Hall–Kier alpha value is -2.04. The summed E-state index contributed by atoms with van der Waals surface area (Å²) in [7, 11) is 0. The van der Waals surface area contributed by atoms with E-state index in [0.717, 1.165) is 13.1 Å². The minimum atomic E-state index is -0.843. The molecule has 1 amide bonds. The Morgan fingerprint density at radius 1 is 1.10 bits per heavy atom. The van der Waals surface area contributed by atoms with Gasteiger partial charge in [-0.2, -0.15) is 0 Å². The molecule has 1 aliphatic heterocycles. The second kappa shape index (κ2) is 7.11. The summed E-state index contributed by atoms with van der Waals surface area (Å²) in [5, 5.41) is 8.74. The second-order valence-corrected chi connectivity index (χ2v) is 5.61. The van der Waals surface area contributed by atoms with Crippen LogP contribution in [-0.2, 0) is 9.59 Å². The van der Waals surface area contributed by atoms with Gasteiger partial charge in [0.1, 0.15) is 0 Å². The van der Waals surface area contributed by atoms with Gasteiger partial charge >= 0.3 is 5.97 Å². The molecular weight excluding hydrogens is 268 g/mol. The van der Waals surface area contributed by atoms with Crippen molar-refractivity contribution in [2.75, 3.05) is 31.1 Å². The first-order chi connectivity index (χ1) is 10.1. The summed E-state index contributed by atoms with van der Waals surface area (Å²) in [6.07, 6.45) is 0.368. The van der Waals surface area contributed by atoms with Crippen molar-refractivity contribution in [1.82, 2.24) is 4.90 Å². The van der Waals surface area contributed by atoms with Crippen molar-refractivity contribution in [2.45, 2.75) is 19.8 Å². The molecule has 0 aliphatic carbocycles. The molecule has 1 fully saturated rings. The molecule has 0 unspecified atom stereocenters. The first-order valence-electron chi connectivity index (χ1n) is 7.36. The van der Waals surface area contributed by atoms with Crippen molar-refractivity contribution in [3.05, 3.63) is 30.3 Å². The molecule has 5 nitrogen and oxygen atoms in total. The zero-order chi connectivity index (χ0) is 15.2. The SMILES string of the molecule is C[C@@H](CC(=O)O)CC(=O)N1CCN(c2ccccc2)CC1. The molecule has 1 atom stereocenters. The Balaban J connectivity index is 1.81. The third kappa shape index (κ3) is 4.48. The second-order valence-electron chi connectivity index (χ2n) is 5.61. The number of hydrogen-bond donors (Lipinski definition) is 1. The fourth-order valence-electron chi connectivity index (χ4n) is 2.65. The Kier molecular flexibility index (Phi) is 5.20. The molecule has 0 radical (unpaired) electrons. The Bertz CT molecular complexity index is 482. The lowest BCUT2D eigenvalue weighted by molar-refractivity contribution is -0.138. The highest BCUT2D eigenvalue weighted by atomic mass is 16.4. The van der Waals surface area contributed by atoms with Crippen LogP contribution in [0, 0.1) is 5.92 Å². The van der Waals surface area contributed by atoms with E-state index in [0.29, 0.717) is 19.5 Å². The number of aliphatic carboxylic acids is 1. The Morgan fingerprint density at radius 2 is 1.71 bits per heavy atom. The molecular formula is C16H22N2O3. The maximum atomic E-state index is 12.1. The lowest BCUT2D eigenvalue weighted by Crippen LogP contribution is -2.49. The summed E-state index contributed by atoms with van der Waals surface area (Å²) in [5.41, 5.74) is 1.18. The zero-order valence-electron chi connectivity index (χ0n) is 12.4. The van der Waals surface area contributed by atoms with Crippen LogP contribution in [0.1, 0.15) is 19.8 Å². The minimum absolute atomic E-state index is 0.0513. The molecule has 114 valence electrons. The molecule has 1 aliphatic rings. The van der Waals surface area contributed by atoms with Crippen molar-refractivity contribution in [3.8, 4) is 0 Å². The molecule has 1 aromatic rings. The van der Waals surface area contributed by atoms with E-state index in [2.05, 4.69) is 17.0 Å². The van der Waals surface area contributed by atoms with E-state index >= 15 is 0 Å². The fourth-order valence-corrected chi connectivity index (χ4v) is 2.65. The average Bonchev–Trinajstić information content (AvgIpc) is 2.47. The molecule has 0 aromatic heterocycles. The minimum Gasteiger partial charge on any atom is -0.481 e. The molecule has 0 spiro atoms. The van der Waals surface area contributed by atoms with E-state index in [1.165, 1.54) is 5.69 Å². The third-order valence-corrected chi connectivity index (χ3v) is 3.80. The van der Waals surface area contributed by atoms with Crippen molar-refractivity contribution < 1.29 is 14.7 Å². The van der Waals surface area contributed by atoms with Gasteiger partial charge in [-0.1, -0.05) is 25.1 Å². The maximum Gasteiger partial charge on any atom is 0.303 e. The van der Waals surface area contributed by atoms with Crippen molar-refractivity contribution in [2.24, 2.45) is 5.92 Å². The topological polar surface area (TPSA) is 60.9 Å². The Morgan fingerprint density at radius 3 is 2.29 bits per heavy atom. The van der Waals surface area contributed by atoms with E-state index in [-0.39, 0.29) is 18.2 Å². The molecule has 2 rings (SSSR count). The molecule has 21 heavy (non-hydrogen) atoms. The third-order valence-electron chi connectivity index (χ3n) is 3.80. The van der Waals surface area contributed by atoms with Gasteiger partial charge in [0.25, 0.3) is 0 Å². The predicted molar refractivity (Wildman–Crippen MR) is 81.3 cm³/mol. The van der Waals surface area contributed by atoms with Crippen molar-refractivity contribution >= 4 is 17.6 Å². The number of hydrogen-bond acceptors (Lipinski definition) is 3. The van der Waals surface area contributed by atoms with Gasteiger partial charge in [0.2, 0.25) is 5.91 Å². The summed E-state index contributed by atoms with van der Waals surface area (Å²) in [4.78, 5) is 26.9. The van der Waals surface area contributed by atoms with Crippen LogP contribution in [0.5, 0.6) is 0 Å². The molecule has 0 saturated carbocycles. The number of carboxylic acids is 1. The standard InChI is InChI=1S/C16H22N2O3/c1-13(12-16(20)21)11-15(19)18-9-7-17(8-10-18)14-5-3-2-4-6-14/h2-6,13H,7-12H2,1H3,(H,20,21)/t13-/m1/s1. The molecule has 5 heteroatoms. The fraction of sp³-hybridized carbons (Fsp3) is 0.500. The summed E-state index contributed by atoms with van der Waals surface area (Å²) >= 11 is 0. The van der Waals surface area contributed by atoms with Gasteiger partial charge in [0.05, 0.1) is 0 Å². The van der Waals surface area contributed by atoms with E-state index in [1.807, 2.05) is 30.0 Å². The monoisotopic (exact) mass is 290 g/mol. The number of nitrogens with zero attached hydrogens (tertiary/aromatic N) is 2. The first-order valence-corrected chi connectivity index (χ1v) is 7.36. The first kappa shape index (κ1) is 15.4. The molecule has 1 aromatic carbocycles. The number of benzene rings is 1. The number of rotatable bonds is 5. The van der Waals surface area contributed by atoms with Crippen LogP contribution in [0.25, 0.3) is 0 Å². The van der Waals surface area contributed by atoms with E-state index in [9.17, 15) is 9.59 Å². The van der Waals surface area contributed by atoms with Crippen LogP contribution < -0.4 is 4.90 Å². The van der Waals surface area contributed by atoms with Crippen LogP contribution in [-0.4, -0.2) is 48.1 Å². The highest BCUT2D eigenvalue weighted by molar-refractivity contribution is 5.77. The number of piperazine rings is 1. The van der Waals surface area contributed by atoms with Crippen LogP contribution in [0.15, 0.2) is 30.3 Å². The maximum absolute atomic E-state index is 12.1. The lowest BCUT2D eigenvalue weighted by Gasteiger charge is -2.36. The van der Waals surface area contributed by atoms with Gasteiger partial charge < -0.3 is 14.9 Å². The van der Waals surface area contributed by atoms with Crippen LogP contribution in [0.4, 0.5) is 5.69 Å². The predicted octanol–water partition coefficient (Wildman–Crippen LogP) is 1.84. The molecule has 1 saturated heterocycles. The summed E-state index contributed by atoms with van der Waals surface area (Å²) in [6.45, 7) is 4.86. The van der Waals surface area contributed by atoms with Crippen molar-refractivity contribution in [1.29, 1.82) is 0 Å². The van der Waals surface area contributed by atoms with E-state index in [1.54, 1.807) is 0 Å². The number of carbonyl (C=O) groups is 2. The van der Waals surface area contributed by atoms with Crippen LogP contribution in [0.2, 0.25) is 0 Å². The number of para-hydroxylation sites is 1. The summed E-state index contributed by atoms with van der Waals surface area (Å²) < 4.78 is 0. The summed E-state index contributed by atoms with van der Waals surface area (Å²) in [6, 6.07) is 10.2. The zero-order valence-corrected chi connectivity index (χ0v) is 12.4. The van der Waals surface area contributed by atoms with E-state index < -0.39 is 5.97 Å². The smallest absolute Gasteiger partial charge is 0.303 e. The largest absolute Gasteiger partial charge is 0.481 e. The van der Waals surface area contributed by atoms with E-state index in [4.69, 9.17) is 5.11 Å². The van der Waals surface area contributed by atoms with Crippen LogP contribution in [0.3, 0.4) is 0 Å². The molecule has 1 N–H and O–H groups in total. The number of carbonyl (C=O) groups excluding carboxylic acids is 1. The quantitative estimate of drug-likeness (QED) is 0.899. The van der Waals surface area contributed by atoms with Crippen LogP contribution >= 0.6 is 0 Å². The van der Waals surface area contributed by atoms with Gasteiger partial charge in [0, 0.05) is 44.7 Å². The highest BCUT2D eigenvalue weighted by Crippen LogP contribution is 2.17. The Labute approximate surface area is 125 Å². The van der Waals surface area contributed by atoms with Gasteiger partial charge in [-0.3, -0.25) is 9.59 Å². The van der Waals surface area contributed by atoms with Gasteiger partial charge in [-0.25, -0.2) is 0 Å².